The van der Waals surface area contributed by atoms with E-state index in [1.807, 2.05) is 4.90 Å². The fourth-order valence-corrected chi connectivity index (χ4v) is 4.30. The molecule has 1 aromatic carbocycles. The van der Waals surface area contributed by atoms with Crippen molar-refractivity contribution in [1.29, 1.82) is 5.41 Å². The third-order valence-electron chi connectivity index (χ3n) is 5.35. The lowest BCUT2D eigenvalue weighted by Gasteiger charge is -2.29. The van der Waals surface area contributed by atoms with Gasteiger partial charge in [-0.2, -0.15) is 0 Å². The first-order chi connectivity index (χ1) is 15.1. The van der Waals surface area contributed by atoms with Crippen molar-refractivity contribution in [2.45, 2.75) is 49.8 Å². The van der Waals surface area contributed by atoms with Gasteiger partial charge < -0.3 is 15.4 Å². The van der Waals surface area contributed by atoms with Crippen molar-refractivity contribution in [2.75, 3.05) is 13.1 Å². The van der Waals surface area contributed by atoms with E-state index in [4.69, 9.17) is 15.9 Å². The van der Waals surface area contributed by atoms with Crippen molar-refractivity contribution in [2.24, 2.45) is 20.8 Å². The first-order valence-corrected chi connectivity index (χ1v) is 11.9. The van der Waals surface area contributed by atoms with Gasteiger partial charge >= 0.3 is 6.02 Å². The molecule has 0 saturated carbocycles. The van der Waals surface area contributed by atoms with Gasteiger partial charge in [-0.3, -0.25) is 5.41 Å². The first-order valence-electron chi connectivity index (χ1n) is 10.3. The van der Waals surface area contributed by atoms with Gasteiger partial charge in [0.25, 0.3) is 0 Å². The van der Waals surface area contributed by atoms with Gasteiger partial charge in [-0.25, -0.2) is 23.8 Å². The molecule has 0 aliphatic carbocycles. The van der Waals surface area contributed by atoms with Crippen LogP contribution in [0.5, 0.6) is 0 Å². The second-order valence-corrected chi connectivity index (χ2v) is 10.4. The number of rotatable bonds is 5. The summed E-state index contributed by atoms with van der Waals surface area (Å²) >= 11 is 0. The molecule has 1 saturated heterocycles. The number of piperidine rings is 1. The number of aliphatic imine (C=N–C) groups is 2. The van der Waals surface area contributed by atoms with Crippen LogP contribution in [-0.4, -0.2) is 62.0 Å². The molecule has 2 aliphatic heterocycles. The van der Waals surface area contributed by atoms with E-state index in [0.29, 0.717) is 17.3 Å². The van der Waals surface area contributed by atoms with E-state index < -0.39 is 15.1 Å². The van der Waals surface area contributed by atoms with Crippen LogP contribution in [0.2, 0.25) is 0 Å². The summed E-state index contributed by atoms with van der Waals surface area (Å²) in [6.07, 6.45) is 1.69. The lowest BCUT2D eigenvalue weighted by Crippen LogP contribution is -2.42. The normalized spacial score (nSPS) is 19.3. The van der Waals surface area contributed by atoms with Crippen LogP contribution in [0.3, 0.4) is 0 Å². The molecule has 0 unspecified atom stereocenters. The van der Waals surface area contributed by atoms with Crippen molar-refractivity contribution in [1.82, 2.24) is 10.3 Å². The van der Waals surface area contributed by atoms with Crippen molar-refractivity contribution in [3.63, 3.8) is 0 Å². The molecule has 0 bridgehead atoms. The number of hydrogen-bond donors (Lipinski definition) is 3. The Balaban J connectivity index is 1.84. The molecule has 11 heteroatoms. The number of nitrogens with two attached hydrogens (primary N) is 1. The van der Waals surface area contributed by atoms with Crippen molar-refractivity contribution >= 4 is 34.1 Å². The van der Waals surface area contributed by atoms with Gasteiger partial charge in [0.2, 0.25) is 5.88 Å². The highest BCUT2D eigenvalue weighted by molar-refractivity contribution is 7.92. The van der Waals surface area contributed by atoms with Crippen molar-refractivity contribution in [3.8, 4) is 0 Å². The number of ether oxygens (including phenoxy) is 1. The quantitative estimate of drug-likeness (QED) is 0.452. The van der Waals surface area contributed by atoms with Crippen LogP contribution in [0.4, 0.5) is 0 Å². The van der Waals surface area contributed by atoms with E-state index >= 15 is 0 Å². The van der Waals surface area contributed by atoms with Crippen LogP contribution in [0.15, 0.2) is 55.8 Å². The Labute approximate surface area is 188 Å². The molecule has 1 fully saturated rings. The number of benzene rings is 1. The minimum absolute atomic E-state index is 0.142. The average molecular weight is 460 g/mol. The monoisotopic (exact) mass is 459 g/mol. The lowest BCUT2D eigenvalue weighted by atomic mass is 10.1. The second kappa shape index (κ2) is 9.61. The molecular weight excluding hydrogens is 430 g/mol. The maximum atomic E-state index is 12.3. The molecule has 0 amide bonds. The molecule has 32 heavy (non-hydrogen) atoms. The number of amidine groups is 2. The Hall–Kier alpha value is -3.05. The predicted molar refractivity (Wildman–Crippen MR) is 126 cm³/mol. The number of likely N-dealkylation sites (tertiary alicyclic amines) is 1. The molecule has 4 N–H and O–H groups in total. The van der Waals surface area contributed by atoms with Gasteiger partial charge in [0, 0.05) is 24.8 Å². The van der Waals surface area contributed by atoms with E-state index in [0.717, 1.165) is 25.9 Å². The zero-order chi connectivity index (χ0) is 23.5. The summed E-state index contributed by atoms with van der Waals surface area (Å²) < 4.78 is 30.5. The molecule has 2 heterocycles. The molecule has 0 atom stereocenters. The molecule has 0 radical (unpaired) electrons. The van der Waals surface area contributed by atoms with Gasteiger partial charge in [-0.05, 0) is 58.0 Å². The number of nitrogens with one attached hydrogen (secondary N) is 2. The summed E-state index contributed by atoms with van der Waals surface area (Å²) in [4.78, 5) is 10.4. The lowest BCUT2D eigenvalue weighted by molar-refractivity contribution is 0.253. The van der Waals surface area contributed by atoms with Crippen molar-refractivity contribution < 1.29 is 13.2 Å². The maximum absolute atomic E-state index is 12.3. The summed E-state index contributed by atoms with van der Waals surface area (Å²) in [6, 6.07) is 7.06. The van der Waals surface area contributed by atoms with Gasteiger partial charge in [0.05, 0.1) is 10.1 Å². The molecule has 0 spiro atoms. The summed E-state index contributed by atoms with van der Waals surface area (Å²) in [5.74, 6) is 0.00796. The van der Waals surface area contributed by atoms with E-state index in [-0.39, 0.29) is 28.4 Å². The predicted octanol–water partition coefficient (Wildman–Crippen LogP) is 1.84. The third-order valence-corrected chi connectivity index (χ3v) is 7.53. The Bertz CT molecular complexity index is 1080. The number of hydrazone groups is 1. The summed E-state index contributed by atoms with van der Waals surface area (Å²) in [5, 5.41) is 11.9. The van der Waals surface area contributed by atoms with E-state index in [9.17, 15) is 8.42 Å². The maximum Gasteiger partial charge on any atom is 0.316 e. The minimum atomic E-state index is -3.36. The highest BCUT2D eigenvalue weighted by Gasteiger charge is 2.27. The fourth-order valence-electron chi connectivity index (χ4n) is 3.24. The molecule has 3 rings (SSSR count). The van der Waals surface area contributed by atoms with Gasteiger partial charge in [0.1, 0.15) is 0 Å². The number of nitrogens with zero attached hydrogens (tertiary/aromatic N) is 4. The molecule has 1 aromatic rings. The van der Waals surface area contributed by atoms with E-state index in [1.165, 1.54) is 0 Å². The SMILES string of the molecule is C=NC(=N)C(N=C(C)c1ccc(S(=O)(=O)C(C)C)cc1)=C1NN=C(N2CCC(N)CC2)O1. The Morgan fingerprint density at radius 2 is 1.94 bits per heavy atom. The standard InChI is InChI=1S/C21H29N7O3S/c1-13(2)32(29,30)17-7-5-15(6-8-17)14(3)25-18(19(23)24-4)20-26-27-21(31-20)28-11-9-16(22)10-12-28/h5-8,13,16,23,26H,4,9-12,22H2,1-3H3. The van der Waals surface area contributed by atoms with E-state index in [1.54, 1.807) is 45.0 Å². The molecule has 2 aliphatic rings. The smallest absolute Gasteiger partial charge is 0.316 e. The third kappa shape index (κ3) is 5.05. The average Bonchev–Trinajstić information content (AvgIpc) is 3.27. The molecule has 172 valence electrons. The number of hydrogen-bond acceptors (Lipinski definition) is 9. The zero-order valence-corrected chi connectivity index (χ0v) is 19.3. The van der Waals surface area contributed by atoms with Crippen LogP contribution >= 0.6 is 0 Å². The van der Waals surface area contributed by atoms with Crippen LogP contribution in [0.1, 0.15) is 39.2 Å². The summed E-state index contributed by atoms with van der Waals surface area (Å²) in [7, 11) is -3.36. The molecule has 10 nitrogen and oxygen atoms in total. The largest absolute Gasteiger partial charge is 0.404 e. The summed E-state index contributed by atoms with van der Waals surface area (Å²) in [6.45, 7) is 9.92. The topological polar surface area (TPSA) is 146 Å². The Morgan fingerprint density at radius 1 is 1.31 bits per heavy atom. The number of sulfone groups is 1. The van der Waals surface area contributed by atoms with Crippen LogP contribution in [-0.2, 0) is 14.6 Å². The first kappa shape index (κ1) is 23.6. The fraction of sp³-hybridized carbons (Fsp3) is 0.429. The highest BCUT2D eigenvalue weighted by Crippen LogP contribution is 2.20. The van der Waals surface area contributed by atoms with Crippen LogP contribution in [0, 0.1) is 5.41 Å². The van der Waals surface area contributed by atoms with Crippen LogP contribution < -0.4 is 11.2 Å². The van der Waals surface area contributed by atoms with Crippen molar-refractivity contribution in [3.05, 3.63) is 41.4 Å². The van der Waals surface area contributed by atoms with Gasteiger partial charge in [0.15, 0.2) is 21.4 Å². The zero-order valence-electron chi connectivity index (χ0n) is 18.5. The van der Waals surface area contributed by atoms with Gasteiger partial charge in [-0.1, -0.05) is 12.1 Å². The summed E-state index contributed by atoms with van der Waals surface area (Å²) in [5.41, 5.74) is 10.1. The minimum Gasteiger partial charge on any atom is -0.404 e. The van der Waals surface area contributed by atoms with Gasteiger partial charge in [-0.15, -0.1) is 5.10 Å². The van der Waals surface area contributed by atoms with E-state index in [2.05, 4.69) is 27.2 Å². The Kier molecular flexibility index (Phi) is 7.09. The highest BCUT2D eigenvalue weighted by atomic mass is 32.2. The molecular formula is C21H29N7O3S. The van der Waals surface area contributed by atoms with Crippen LogP contribution in [0.25, 0.3) is 0 Å². The Morgan fingerprint density at radius 3 is 2.50 bits per heavy atom. The second-order valence-electron chi connectivity index (χ2n) is 7.93. The molecule has 0 aromatic heterocycles.